The summed E-state index contributed by atoms with van der Waals surface area (Å²) in [6.45, 7) is 8.52. The van der Waals surface area contributed by atoms with E-state index in [4.69, 9.17) is 0 Å². The monoisotopic (exact) mass is 400 g/mol. The van der Waals surface area contributed by atoms with Crippen molar-refractivity contribution in [2.24, 2.45) is 0 Å². The van der Waals surface area contributed by atoms with E-state index in [1.54, 1.807) is 0 Å². The summed E-state index contributed by atoms with van der Waals surface area (Å²) in [5.74, 6) is -0.0785. The van der Waals surface area contributed by atoms with E-state index < -0.39 is 0 Å². The minimum Gasteiger partial charge on any atom is -0.322 e. The highest BCUT2D eigenvalue weighted by Gasteiger charge is 2.19. The Labute approximate surface area is 158 Å². The number of benzene rings is 2. The van der Waals surface area contributed by atoms with E-state index in [2.05, 4.69) is 66.1 Å². The van der Waals surface area contributed by atoms with Crippen molar-refractivity contribution in [1.82, 2.24) is 4.90 Å². The van der Waals surface area contributed by atoms with Crippen LogP contribution in [0.2, 0.25) is 0 Å². The molecule has 25 heavy (non-hydrogen) atoms. The Balaban J connectivity index is 1.79. The zero-order valence-electron chi connectivity index (χ0n) is 15.3. The lowest BCUT2D eigenvalue weighted by Crippen LogP contribution is -2.26. The maximum absolute atomic E-state index is 12.6. The SMILES string of the molecule is CN1CCc2ccc(NC(=O)c3ccc(C(C)(C)C)c(Br)c3)cc2C1. The smallest absolute Gasteiger partial charge is 0.255 e. The molecule has 3 rings (SSSR count). The van der Waals surface area contributed by atoms with Crippen molar-refractivity contribution in [2.75, 3.05) is 18.9 Å². The molecule has 1 amide bonds. The second-order valence-electron chi connectivity index (χ2n) is 7.87. The number of rotatable bonds is 2. The number of anilines is 1. The molecule has 0 fully saturated rings. The number of carbonyl (C=O) groups is 1. The molecular formula is C21H25BrN2O. The third kappa shape index (κ3) is 4.13. The van der Waals surface area contributed by atoms with Crippen LogP contribution in [-0.2, 0) is 18.4 Å². The summed E-state index contributed by atoms with van der Waals surface area (Å²) in [4.78, 5) is 14.9. The van der Waals surface area contributed by atoms with E-state index in [0.29, 0.717) is 5.56 Å². The first-order valence-electron chi connectivity index (χ1n) is 8.66. The van der Waals surface area contributed by atoms with Crippen LogP contribution in [0, 0.1) is 0 Å². The quantitative estimate of drug-likeness (QED) is 0.769. The van der Waals surface area contributed by atoms with Crippen LogP contribution in [0.15, 0.2) is 40.9 Å². The number of fused-ring (bicyclic) bond motifs is 1. The topological polar surface area (TPSA) is 32.3 Å². The Morgan fingerprint density at radius 2 is 1.88 bits per heavy atom. The fourth-order valence-corrected chi connectivity index (χ4v) is 4.22. The van der Waals surface area contributed by atoms with Crippen molar-refractivity contribution in [3.05, 3.63) is 63.1 Å². The summed E-state index contributed by atoms with van der Waals surface area (Å²) in [6, 6.07) is 12.1. The van der Waals surface area contributed by atoms with Crippen LogP contribution in [0.3, 0.4) is 0 Å². The molecule has 0 radical (unpaired) electrons. The van der Waals surface area contributed by atoms with Crippen molar-refractivity contribution >= 4 is 27.5 Å². The molecule has 0 unspecified atom stereocenters. The number of halogens is 1. The predicted molar refractivity (Wildman–Crippen MR) is 107 cm³/mol. The van der Waals surface area contributed by atoms with Gasteiger partial charge in [-0.2, -0.15) is 0 Å². The Bertz CT molecular complexity index is 808. The van der Waals surface area contributed by atoms with Crippen LogP contribution in [0.5, 0.6) is 0 Å². The van der Waals surface area contributed by atoms with E-state index >= 15 is 0 Å². The van der Waals surface area contributed by atoms with Gasteiger partial charge in [-0.25, -0.2) is 0 Å². The molecule has 1 aliphatic rings. The third-order valence-electron chi connectivity index (χ3n) is 4.71. The minimum atomic E-state index is -0.0785. The number of amides is 1. The van der Waals surface area contributed by atoms with Gasteiger partial charge >= 0.3 is 0 Å². The van der Waals surface area contributed by atoms with Crippen molar-refractivity contribution in [2.45, 2.75) is 39.2 Å². The number of carbonyl (C=O) groups excluding carboxylic acids is 1. The highest BCUT2D eigenvalue weighted by molar-refractivity contribution is 9.10. The van der Waals surface area contributed by atoms with E-state index in [9.17, 15) is 4.79 Å². The van der Waals surface area contributed by atoms with Gasteiger partial charge in [-0.05, 0) is 59.8 Å². The van der Waals surface area contributed by atoms with Crippen molar-refractivity contribution in [3.8, 4) is 0 Å². The molecule has 1 heterocycles. The molecule has 3 nitrogen and oxygen atoms in total. The van der Waals surface area contributed by atoms with Gasteiger partial charge in [-0.15, -0.1) is 0 Å². The fraction of sp³-hybridized carbons (Fsp3) is 0.381. The Kier molecular flexibility index (Phi) is 5.03. The van der Waals surface area contributed by atoms with Gasteiger partial charge in [0, 0.05) is 28.8 Å². The van der Waals surface area contributed by atoms with Crippen LogP contribution in [0.4, 0.5) is 5.69 Å². The molecule has 0 atom stereocenters. The number of hydrogen-bond donors (Lipinski definition) is 1. The first kappa shape index (κ1) is 18.2. The number of nitrogens with one attached hydrogen (secondary N) is 1. The molecule has 0 aliphatic carbocycles. The molecule has 132 valence electrons. The normalized spacial score (nSPS) is 14.9. The molecule has 0 aromatic heterocycles. The predicted octanol–water partition coefficient (Wildman–Crippen LogP) is 4.99. The van der Waals surface area contributed by atoms with Crippen LogP contribution >= 0.6 is 15.9 Å². The first-order valence-corrected chi connectivity index (χ1v) is 9.45. The summed E-state index contributed by atoms with van der Waals surface area (Å²) in [6.07, 6.45) is 1.07. The molecule has 4 heteroatoms. The molecule has 1 aliphatic heterocycles. The Morgan fingerprint density at radius 1 is 1.12 bits per heavy atom. The maximum atomic E-state index is 12.6. The second kappa shape index (κ2) is 6.93. The van der Waals surface area contributed by atoms with Gasteiger partial charge < -0.3 is 10.2 Å². The molecule has 0 saturated heterocycles. The van der Waals surface area contributed by atoms with Gasteiger partial charge in [-0.3, -0.25) is 4.79 Å². The summed E-state index contributed by atoms with van der Waals surface area (Å²) >= 11 is 3.61. The zero-order chi connectivity index (χ0) is 18.2. The molecule has 0 bridgehead atoms. The van der Waals surface area contributed by atoms with Crippen molar-refractivity contribution in [1.29, 1.82) is 0 Å². The van der Waals surface area contributed by atoms with Gasteiger partial charge in [0.25, 0.3) is 5.91 Å². The third-order valence-corrected chi connectivity index (χ3v) is 5.36. The first-order chi connectivity index (χ1) is 11.7. The van der Waals surface area contributed by atoms with Crippen molar-refractivity contribution in [3.63, 3.8) is 0 Å². The molecule has 0 spiro atoms. The highest BCUT2D eigenvalue weighted by atomic mass is 79.9. The van der Waals surface area contributed by atoms with Crippen LogP contribution < -0.4 is 5.32 Å². The average Bonchev–Trinajstić information content (AvgIpc) is 2.53. The summed E-state index contributed by atoms with van der Waals surface area (Å²) in [5, 5.41) is 3.03. The van der Waals surface area contributed by atoms with Crippen LogP contribution in [0.25, 0.3) is 0 Å². The van der Waals surface area contributed by atoms with E-state index in [1.165, 1.54) is 16.7 Å². The largest absolute Gasteiger partial charge is 0.322 e. The van der Waals surface area contributed by atoms with Gasteiger partial charge in [0.1, 0.15) is 0 Å². The van der Waals surface area contributed by atoms with Gasteiger partial charge in [0.15, 0.2) is 0 Å². The van der Waals surface area contributed by atoms with Gasteiger partial charge in [0.05, 0.1) is 0 Å². The number of hydrogen-bond acceptors (Lipinski definition) is 2. The summed E-state index contributed by atoms with van der Waals surface area (Å²) < 4.78 is 0.972. The maximum Gasteiger partial charge on any atom is 0.255 e. The number of likely N-dealkylation sites (N-methyl/N-ethyl adjacent to an activating group) is 1. The average molecular weight is 401 g/mol. The molecule has 2 aromatic rings. The molecule has 0 saturated carbocycles. The highest BCUT2D eigenvalue weighted by Crippen LogP contribution is 2.30. The van der Waals surface area contributed by atoms with E-state index in [1.807, 2.05) is 24.3 Å². The lowest BCUT2D eigenvalue weighted by atomic mass is 9.86. The Hall–Kier alpha value is -1.65. The fourth-order valence-electron chi connectivity index (χ4n) is 3.24. The minimum absolute atomic E-state index is 0.0400. The van der Waals surface area contributed by atoms with E-state index in [0.717, 1.165) is 29.7 Å². The molecule has 2 aromatic carbocycles. The van der Waals surface area contributed by atoms with Gasteiger partial charge in [0.2, 0.25) is 0 Å². The van der Waals surface area contributed by atoms with Crippen LogP contribution in [0.1, 0.15) is 47.8 Å². The standard InChI is InChI=1S/C21H25BrN2O/c1-21(2,3)18-8-6-15(12-19(18)22)20(25)23-17-7-5-14-9-10-24(4)13-16(14)11-17/h5-8,11-12H,9-10,13H2,1-4H3,(H,23,25). The summed E-state index contributed by atoms with van der Waals surface area (Å²) in [5.41, 5.74) is 5.44. The molecular weight excluding hydrogens is 376 g/mol. The second-order valence-corrected chi connectivity index (χ2v) is 8.72. The van der Waals surface area contributed by atoms with Crippen molar-refractivity contribution < 1.29 is 4.79 Å². The zero-order valence-corrected chi connectivity index (χ0v) is 16.9. The Morgan fingerprint density at radius 3 is 2.56 bits per heavy atom. The van der Waals surface area contributed by atoms with Crippen LogP contribution in [-0.4, -0.2) is 24.4 Å². The van der Waals surface area contributed by atoms with E-state index in [-0.39, 0.29) is 11.3 Å². The lowest BCUT2D eigenvalue weighted by molar-refractivity contribution is 0.102. The lowest BCUT2D eigenvalue weighted by Gasteiger charge is -2.25. The number of nitrogens with zero attached hydrogens (tertiary/aromatic N) is 1. The molecule has 1 N–H and O–H groups in total. The summed E-state index contributed by atoms with van der Waals surface area (Å²) in [7, 11) is 2.13. The van der Waals surface area contributed by atoms with Gasteiger partial charge in [-0.1, -0.05) is 48.8 Å².